The van der Waals surface area contributed by atoms with Crippen molar-refractivity contribution in [3.05, 3.63) is 95.3 Å². The lowest BCUT2D eigenvalue weighted by molar-refractivity contribution is -0.128. The zero-order chi connectivity index (χ0) is 22.5. The van der Waals surface area contributed by atoms with Crippen LogP contribution in [0.4, 0.5) is 0 Å². The minimum absolute atomic E-state index is 0.138. The number of carbonyl (C=O) groups excluding carboxylic acids is 2. The summed E-state index contributed by atoms with van der Waals surface area (Å²) in [6, 6.07) is 19.4. The molecule has 0 saturated heterocycles. The van der Waals surface area contributed by atoms with E-state index in [2.05, 4.69) is 0 Å². The molecule has 1 aliphatic rings. The molecule has 0 bridgehead atoms. The lowest BCUT2D eigenvalue weighted by Gasteiger charge is -2.10. The van der Waals surface area contributed by atoms with Crippen molar-refractivity contribution in [1.82, 2.24) is 0 Å². The molecule has 0 saturated carbocycles. The number of esters is 1. The first-order chi connectivity index (χ1) is 15.6. The van der Waals surface area contributed by atoms with Crippen LogP contribution in [0.3, 0.4) is 0 Å². The van der Waals surface area contributed by atoms with Crippen LogP contribution in [0, 0.1) is 0 Å². The van der Waals surface area contributed by atoms with E-state index < -0.39 is 5.97 Å². The number of ketones is 1. The molecule has 0 aromatic heterocycles. The molecular weight excluding hydrogens is 408 g/mol. The van der Waals surface area contributed by atoms with Crippen LogP contribution in [0.1, 0.15) is 21.5 Å². The number of hydrogen-bond acceptors (Lipinski definition) is 6. The number of carbonyl (C=O) groups is 2. The number of Topliss-reactive ketones (excluding diaryl/α,β-unsaturated/α-hetero) is 1. The van der Waals surface area contributed by atoms with Gasteiger partial charge in [-0.2, -0.15) is 0 Å². The van der Waals surface area contributed by atoms with Gasteiger partial charge in [0, 0.05) is 17.7 Å². The summed E-state index contributed by atoms with van der Waals surface area (Å²) in [5, 5.41) is 0. The van der Waals surface area contributed by atoms with Crippen LogP contribution in [0.15, 0.2) is 78.6 Å². The van der Waals surface area contributed by atoms with Gasteiger partial charge in [0.15, 0.2) is 17.3 Å². The van der Waals surface area contributed by atoms with Crippen LogP contribution in [0.25, 0.3) is 12.2 Å². The fraction of sp³-hybridized carbons (Fsp3) is 0.0769. The number of hydrogen-bond donors (Lipinski definition) is 0. The SMILES string of the molecule is COc1cccc(C=C2Oc3cc(OC(=O)C=Cc4ccccc4)ccc3C2=O)c1OC. The van der Waals surface area contributed by atoms with Crippen molar-refractivity contribution < 1.29 is 28.5 Å². The second-order valence-electron chi connectivity index (χ2n) is 6.85. The molecule has 0 unspecified atom stereocenters. The average molecular weight is 428 g/mol. The van der Waals surface area contributed by atoms with Gasteiger partial charge in [-0.1, -0.05) is 42.5 Å². The van der Waals surface area contributed by atoms with Crippen molar-refractivity contribution in [3.8, 4) is 23.0 Å². The Morgan fingerprint density at radius 2 is 1.75 bits per heavy atom. The highest BCUT2D eigenvalue weighted by atomic mass is 16.5. The molecule has 0 fully saturated rings. The highest BCUT2D eigenvalue weighted by molar-refractivity contribution is 6.14. The molecule has 160 valence electrons. The van der Waals surface area contributed by atoms with E-state index in [9.17, 15) is 9.59 Å². The van der Waals surface area contributed by atoms with Crippen molar-refractivity contribution in [1.29, 1.82) is 0 Å². The van der Waals surface area contributed by atoms with Crippen LogP contribution in [0.5, 0.6) is 23.0 Å². The zero-order valence-corrected chi connectivity index (χ0v) is 17.5. The normalized spacial score (nSPS) is 13.7. The fourth-order valence-corrected chi connectivity index (χ4v) is 3.28. The van der Waals surface area contributed by atoms with Gasteiger partial charge in [-0.25, -0.2) is 4.79 Å². The van der Waals surface area contributed by atoms with E-state index in [0.29, 0.717) is 28.4 Å². The summed E-state index contributed by atoms with van der Waals surface area (Å²) in [5.74, 6) is 0.970. The Labute approximate surface area is 185 Å². The summed E-state index contributed by atoms with van der Waals surface area (Å²) in [7, 11) is 3.07. The fourth-order valence-electron chi connectivity index (χ4n) is 3.28. The first-order valence-electron chi connectivity index (χ1n) is 9.83. The molecule has 1 aliphatic heterocycles. The molecule has 0 aliphatic carbocycles. The minimum Gasteiger partial charge on any atom is -0.493 e. The van der Waals surface area contributed by atoms with Gasteiger partial charge < -0.3 is 18.9 Å². The van der Waals surface area contributed by atoms with Gasteiger partial charge >= 0.3 is 5.97 Å². The zero-order valence-electron chi connectivity index (χ0n) is 17.5. The Kier molecular flexibility index (Phi) is 6.03. The van der Waals surface area contributed by atoms with E-state index in [1.807, 2.05) is 30.3 Å². The molecule has 0 amide bonds. The van der Waals surface area contributed by atoms with Crippen LogP contribution in [-0.2, 0) is 4.79 Å². The van der Waals surface area contributed by atoms with Gasteiger partial charge in [0.05, 0.1) is 19.8 Å². The first-order valence-corrected chi connectivity index (χ1v) is 9.83. The predicted octanol–water partition coefficient (Wildman–Crippen LogP) is 4.94. The third-order valence-corrected chi connectivity index (χ3v) is 4.79. The van der Waals surface area contributed by atoms with Crippen LogP contribution in [-0.4, -0.2) is 26.0 Å². The molecule has 6 nitrogen and oxygen atoms in total. The summed E-state index contributed by atoms with van der Waals surface area (Å²) in [5.41, 5.74) is 1.91. The van der Waals surface area contributed by atoms with E-state index in [0.717, 1.165) is 5.56 Å². The van der Waals surface area contributed by atoms with E-state index in [1.165, 1.54) is 19.3 Å². The van der Waals surface area contributed by atoms with Crippen molar-refractivity contribution in [2.45, 2.75) is 0 Å². The van der Waals surface area contributed by atoms with E-state index in [4.69, 9.17) is 18.9 Å². The Morgan fingerprint density at radius 3 is 2.50 bits per heavy atom. The number of allylic oxidation sites excluding steroid dienone is 1. The van der Waals surface area contributed by atoms with Crippen molar-refractivity contribution in [2.75, 3.05) is 14.2 Å². The second kappa shape index (κ2) is 9.22. The van der Waals surface area contributed by atoms with Crippen molar-refractivity contribution in [3.63, 3.8) is 0 Å². The molecule has 3 aromatic carbocycles. The highest BCUT2D eigenvalue weighted by Crippen LogP contribution is 2.37. The Balaban J connectivity index is 1.52. The third-order valence-electron chi connectivity index (χ3n) is 4.79. The maximum atomic E-state index is 12.8. The molecule has 0 N–H and O–H groups in total. The molecule has 0 atom stereocenters. The summed E-state index contributed by atoms with van der Waals surface area (Å²) in [4.78, 5) is 24.9. The van der Waals surface area contributed by atoms with Gasteiger partial charge in [-0.15, -0.1) is 0 Å². The van der Waals surface area contributed by atoms with Gasteiger partial charge in [0.1, 0.15) is 11.5 Å². The summed E-state index contributed by atoms with van der Waals surface area (Å²) in [6.45, 7) is 0. The Hall–Kier alpha value is -4.32. The summed E-state index contributed by atoms with van der Waals surface area (Å²) >= 11 is 0. The van der Waals surface area contributed by atoms with E-state index in [1.54, 1.807) is 49.6 Å². The summed E-state index contributed by atoms with van der Waals surface area (Å²) in [6.07, 6.45) is 4.60. The third kappa shape index (κ3) is 4.39. The average Bonchev–Trinajstić information content (AvgIpc) is 3.12. The van der Waals surface area contributed by atoms with Crippen LogP contribution in [0.2, 0.25) is 0 Å². The van der Waals surface area contributed by atoms with Gasteiger partial charge in [-0.05, 0) is 35.9 Å². The molecule has 6 heteroatoms. The molecule has 3 aromatic rings. The van der Waals surface area contributed by atoms with Gasteiger partial charge in [0.2, 0.25) is 5.78 Å². The molecule has 4 rings (SSSR count). The molecule has 0 radical (unpaired) electrons. The molecule has 0 spiro atoms. The van der Waals surface area contributed by atoms with Crippen LogP contribution < -0.4 is 18.9 Å². The van der Waals surface area contributed by atoms with Crippen molar-refractivity contribution >= 4 is 23.9 Å². The number of ether oxygens (including phenoxy) is 4. The highest BCUT2D eigenvalue weighted by Gasteiger charge is 2.28. The Morgan fingerprint density at radius 1 is 0.938 bits per heavy atom. The number of benzene rings is 3. The smallest absolute Gasteiger partial charge is 0.336 e. The van der Waals surface area contributed by atoms with Gasteiger partial charge in [-0.3, -0.25) is 4.79 Å². The number of fused-ring (bicyclic) bond motifs is 1. The maximum Gasteiger partial charge on any atom is 0.336 e. The molecular formula is C26H20O6. The second-order valence-corrected chi connectivity index (χ2v) is 6.85. The monoisotopic (exact) mass is 428 g/mol. The largest absolute Gasteiger partial charge is 0.493 e. The predicted molar refractivity (Wildman–Crippen MR) is 120 cm³/mol. The molecule has 32 heavy (non-hydrogen) atoms. The lowest BCUT2D eigenvalue weighted by Crippen LogP contribution is -2.03. The Bertz CT molecular complexity index is 1220. The van der Waals surface area contributed by atoms with E-state index in [-0.39, 0.29) is 17.3 Å². The molecule has 1 heterocycles. The summed E-state index contributed by atoms with van der Waals surface area (Å²) < 4.78 is 21.8. The van der Waals surface area contributed by atoms with Crippen molar-refractivity contribution in [2.24, 2.45) is 0 Å². The van der Waals surface area contributed by atoms with E-state index >= 15 is 0 Å². The first kappa shape index (κ1) is 20.9. The van der Waals surface area contributed by atoms with Crippen LogP contribution >= 0.6 is 0 Å². The number of para-hydroxylation sites is 1. The van der Waals surface area contributed by atoms with Gasteiger partial charge in [0.25, 0.3) is 0 Å². The number of methoxy groups -OCH3 is 2. The quantitative estimate of drug-likeness (QED) is 0.315. The topological polar surface area (TPSA) is 71.1 Å². The lowest BCUT2D eigenvalue weighted by atomic mass is 10.1. The maximum absolute atomic E-state index is 12.8. The number of rotatable bonds is 6. The standard InChI is InChI=1S/C26H20O6/c1-29-21-10-6-9-18(26(21)30-2)15-23-25(28)20-13-12-19(16-22(20)32-23)31-24(27)14-11-17-7-4-3-5-8-17/h3-16H,1-2H3. The minimum atomic E-state index is -0.532.